The van der Waals surface area contributed by atoms with Crippen LogP contribution in [-0.2, 0) is 25.7 Å². The van der Waals surface area contributed by atoms with Crippen LogP contribution in [-0.4, -0.2) is 50.7 Å². The third-order valence-corrected chi connectivity index (χ3v) is 12.9. The fraction of sp³-hybridized carbons (Fsp3) is 0.319. The lowest BCUT2D eigenvalue weighted by Gasteiger charge is -2.25. The molecule has 1 amide bonds. The standard InChI is InChI=1S/C47H51BFN3O5S/c1-46(2)38-30-34(49)20-26-39(38)52(29-10-6-7-16-43(53)50-48)42(46)28-19-33-14-11-13-32(45(33)57-35-21-23-36(24-22-35)58(54,55)56)18-27-41-47(3,4)44-37-15-9-8-12-31(37)17-25-40(44)51(41)5/h8-9,12,15,17-28,30H,6-7,10-11,13-14,16,29,48H2,1-5H3,(H-,50,53,54,55,56)/p+1. The molecule has 0 saturated heterocycles. The molecule has 0 fully saturated rings. The first kappa shape index (κ1) is 40.9. The number of hydrogen-bond acceptors (Lipinski definition) is 5. The second-order valence-corrected chi connectivity index (χ2v) is 17.9. The number of nitrogens with zero attached hydrogens (tertiary/aromatic N) is 2. The highest BCUT2D eigenvalue weighted by Crippen LogP contribution is 2.50. The average molecular weight is 801 g/mol. The number of anilines is 1. The lowest BCUT2D eigenvalue weighted by Crippen LogP contribution is -2.28. The molecule has 0 aromatic heterocycles. The molecule has 2 N–H and O–H groups in total. The van der Waals surface area contributed by atoms with Gasteiger partial charge in [-0.1, -0.05) is 50.3 Å². The van der Waals surface area contributed by atoms with Crippen molar-refractivity contribution in [3.63, 3.8) is 0 Å². The number of carbonyl (C=O) groups is 1. The number of rotatable bonds is 12. The van der Waals surface area contributed by atoms with Crippen molar-refractivity contribution in [3.8, 4) is 5.75 Å². The number of fused-ring (bicyclic) bond motifs is 4. The van der Waals surface area contributed by atoms with Crippen molar-refractivity contribution in [3.05, 3.63) is 143 Å². The zero-order valence-corrected chi connectivity index (χ0v) is 35.0. The number of benzene rings is 4. The highest BCUT2D eigenvalue weighted by atomic mass is 32.2. The largest absolute Gasteiger partial charge is 0.457 e. The Morgan fingerprint density at radius 2 is 1.71 bits per heavy atom. The van der Waals surface area contributed by atoms with Crippen molar-refractivity contribution in [2.24, 2.45) is 0 Å². The normalized spacial score (nSPS) is 18.8. The molecule has 0 radical (unpaired) electrons. The highest BCUT2D eigenvalue weighted by Gasteiger charge is 2.44. The molecular weight excluding hydrogens is 748 g/mol. The van der Waals surface area contributed by atoms with Gasteiger partial charge in [-0.25, -0.2) is 4.39 Å². The summed E-state index contributed by atoms with van der Waals surface area (Å²) in [6.07, 6.45) is 14.1. The Labute approximate surface area is 342 Å². The molecular formula is C47H52BFN3O5S+. The molecule has 7 rings (SSSR count). The van der Waals surface area contributed by atoms with E-state index < -0.39 is 15.5 Å². The van der Waals surface area contributed by atoms with Gasteiger partial charge in [-0.15, -0.1) is 0 Å². The zero-order valence-electron chi connectivity index (χ0n) is 34.2. The second kappa shape index (κ2) is 16.2. The Hall–Kier alpha value is -5.26. The van der Waals surface area contributed by atoms with E-state index in [0.717, 1.165) is 78.9 Å². The number of nitrogens with one attached hydrogen (secondary N) is 1. The van der Waals surface area contributed by atoms with E-state index in [2.05, 4.69) is 110 Å². The number of ether oxygens (including phenoxy) is 1. The van der Waals surface area contributed by atoms with Gasteiger partial charge in [-0.3, -0.25) is 9.35 Å². The van der Waals surface area contributed by atoms with E-state index in [0.29, 0.717) is 17.9 Å². The third kappa shape index (κ3) is 7.94. The van der Waals surface area contributed by atoms with Crippen molar-refractivity contribution in [1.29, 1.82) is 0 Å². The van der Waals surface area contributed by atoms with Gasteiger partial charge in [0, 0.05) is 54.4 Å². The number of hydrogen-bond donors (Lipinski definition) is 2. The van der Waals surface area contributed by atoms with E-state index in [1.807, 2.05) is 6.07 Å². The quantitative estimate of drug-likeness (QED) is 0.0642. The summed E-state index contributed by atoms with van der Waals surface area (Å²) >= 11 is 0. The number of likely N-dealkylation sites (N-methyl/N-ethyl adjacent to an activating group) is 1. The fourth-order valence-electron chi connectivity index (χ4n) is 8.95. The smallest absolute Gasteiger partial charge is 0.294 e. The average Bonchev–Trinajstić information content (AvgIpc) is 3.52. The summed E-state index contributed by atoms with van der Waals surface area (Å²) in [5, 5.41) is 5.14. The maximum atomic E-state index is 14.7. The van der Waals surface area contributed by atoms with Crippen LogP contribution in [0.25, 0.3) is 10.8 Å². The van der Waals surface area contributed by atoms with Gasteiger partial charge < -0.3 is 14.9 Å². The molecule has 0 atom stereocenters. The first-order chi connectivity index (χ1) is 27.6. The van der Waals surface area contributed by atoms with E-state index >= 15 is 0 Å². The Morgan fingerprint density at radius 3 is 2.45 bits per heavy atom. The molecule has 4 aromatic rings. The van der Waals surface area contributed by atoms with Gasteiger partial charge in [0.1, 0.15) is 23.9 Å². The van der Waals surface area contributed by atoms with Crippen molar-refractivity contribution in [2.75, 3.05) is 18.5 Å². The molecule has 300 valence electrons. The summed E-state index contributed by atoms with van der Waals surface area (Å²) in [5.41, 5.74) is 7.81. The van der Waals surface area contributed by atoms with Crippen LogP contribution in [0.15, 0.2) is 131 Å². The van der Waals surface area contributed by atoms with Gasteiger partial charge in [0.15, 0.2) is 5.71 Å². The van der Waals surface area contributed by atoms with Crippen LogP contribution in [0.1, 0.15) is 83.8 Å². The highest BCUT2D eigenvalue weighted by molar-refractivity contribution is 7.85. The van der Waals surface area contributed by atoms with Crippen LogP contribution >= 0.6 is 0 Å². The van der Waals surface area contributed by atoms with Gasteiger partial charge in [-0.2, -0.15) is 13.0 Å². The summed E-state index contributed by atoms with van der Waals surface area (Å²) in [5.74, 6) is 0.903. The molecule has 8 nitrogen and oxygen atoms in total. The zero-order chi connectivity index (χ0) is 41.4. The number of carbonyl (C=O) groups excluding carboxylic acids is 1. The van der Waals surface area contributed by atoms with Crippen LogP contribution in [0.2, 0.25) is 0 Å². The predicted molar refractivity (Wildman–Crippen MR) is 233 cm³/mol. The van der Waals surface area contributed by atoms with Gasteiger partial charge in [-0.05, 0) is 128 Å². The molecule has 2 aliphatic heterocycles. The summed E-state index contributed by atoms with van der Waals surface area (Å²) in [4.78, 5) is 13.9. The molecule has 0 spiro atoms. The van der Waals surface area contributed by atoms with E-state index in [9.17, 15) is 22.2 Å². The maximum Gasteiger partial charge on any atom is 0.294 e. The second-order valence-electron chi connectivity index (χ2n) is 16.5. The van der Waals surface area contributed by atoms with Crippen LogP contribution < -0.4 is 14.9 Å². The van der Waals surface area contributed by atoms with Gasteiger partial charge in [0.25, 0.3) is 10.1 Å². The molecule has 0 saturated carbocycles. The van der Waals surface area contributed by atoms with Gasteiger partial charge in [0.05, 0.1) is 10.3 Å². The Morgan fingerprint density at radius 1 is 0.948 bits per heavy atom. The van der Waals surface area contributed by atoms with Gasteiger partial charge in [0.2, 0.25) is 19.6 Å². The van der Waals surface area contributed by atoms with Crippen molar-refractivity contribution in [1.82, 2.24) is 5.23 Å². The summed E-state index contributed by atoms with van der Waals surface area (Å²) < 4.78 is 57.0. The monoisotopic (exact) mass is 800 g/mol. The van der Waals surface area contributed by atoms with E-state index in [1.54, 1.807) is 26.2 Å². The molecule has 2 heterocycles. The molecule has 11 heteroatoms. The SMILES string of the molecule is BNC(=O)CCCCC[N+]1=C(/C=C/C2=C(Oc3ccc(S(=O)(=O)O)cc3)C(=C/C=C3/N(C)c4ccc5ccccc5c4C3(C)C)/CCC2)C(C)(C)c2cc(F)ccc21. The molecule has 4 aromatic carbocycles. The Bertz CT molecular complexity index is 2550. The van der Waals surface area contributed by atoms with Crippen molar-refractivity contribution in [2.45, 2.75) is 88.4 Å². The minimum Gasteiger partial charge on any atom is -0.457 e. The van der Waals surface area contributed by atoms with E-state index in [-0.39, 0.29) is 22.0 Å². The van der Waals surface area contributed by atoms with E-state index in [1.165, 1.54) is 40.2 Å². The molecule has 0 bridgehead atoms. The van der Waals surface area contributed by atoms with Crippen LogP contribution in [0.3, 0.4) is 0 Å². The minimum absolute atomic E-state index is 0.0359. The third-order valence-electron chi connectivity index (χ3n) is 12.0. The first-order valence-electron chi connectivity index (χ1n) is 20.1. The number of halogens is 1. The molecule has 3 aliphatic rings. The number of allylic oxidation sites excluding steroid dienone is 7. The predicted octanol–water partition coefficient (Wildman–Crippen LogP) is 9.14. The summed E-state index contributed by atoms with van der Waals surface area (Å²) in [6.45, 7) is 9.50. The molecule has 1 aliphatic carbocycles. The molecule has 0 unspecified atom stereocenters. The van der Waals surface area contributed by atoms with Crippen molar-refractivity contribution >= 4 is 51.9 Å². The van der Waals surface area contributed by atoms with E-state index in [4.69, 9.17) is 4.74 Å². The summed E-state index contributed by atoms with van der Waals surface area (Å²) in [7, 11) is -0.602. The summed E-state index contributed by atoms with van der Waals surface area (Å²) in [6, 6.07) is 23.7. The van der Waals surface area contributed by atoms with Crippen LogP contribution in [0.5, 0.6) is 5.75 Å². The lowest BCUT2D eigenvalue weighted by atomic mass is 9.80. The van der Waals surface area contributed by atoms with Gasteiger partial charge >= 0.3 is 0 Å². The number of unbranched alkanes of at least 4 members (excludes halogenated alkanes) is 2. The number of amides is 1. The minimum atomic E-state index is -4.37. The maximum absolute atomic E-state index is 14.7. The first-order valence-corrected chi connectivity index (χ1v) is 21.5. The van der Waals surface area contributed by atoms with Crippen LogP contribution in [0.4, 0.5) is 15.8 Å². The van der Waals surface area contributed by atoms with Crippen molar-refractivity contribution < 1.29 is 31.5 Å². The Kier molecular flexibility index (Phi) is 11.4. The molecule has 58 heavy (non-hydrogen) atoms. The topological polar surface area (TPSA) is 99.0 Å². The Balaban J connectivity index is 1.29. The lowest BCUT2D eigenvalue weighted by molar-refractivity contribution is -0.438. The van der Waals surface area contributed by atoms with Crippen LogP contribution in [0, 0.1) is 5.82 Å². The fourth-order valence-corrected chi connectivity index (χ4v) is 9.43.